The number of thiophene rings is 1. The highest BCUT2D eigenvalue weighted by molar-refractivity contribution is 9.11. The number of halogens is 2. The lowest BCUT2D eigenvalue weighted by molar-refractivity contribution is -0.934. The summed E-state index contributed by atoms with van der Waals surface area (Å²) >= 11 is 7.11. The first-order valence-corrected chi connectivity index (χ1v) is 14.0. The van der Waals surface area contributed by atoms with Crippen LogP contribution in [0.4, 0.5) is 10.5 Å². The summed E-state index contributed by atoms with van der Waals surface area (Å²) < 4.78 is 8.36. The number of hydrogen-bond donors (Lipinski definition) is 0. The Morgan fingerprint density at radius 3 is 2.35 bits per heavy atom. The molecule has 3 saturated heterocycles. The second-order valence-corrected chi connectivity index (χ2v) is 12.5. The van der Waals surface area contributed by atoms with Crippen molar-refractivity contribution in [3.63, 3.8) is 0 Å². The number of piperidine rings is 3. The van der Waals surface area contributed by atoms with Gasteiger partial charge in [0.15, 0.2) is 6.10 Å². The van der Waals surface area contributed by atoms with Gasteiger partial charge in [-0.3, -0.25) is 4.90 Å². The first kappa shape index (κ1) is 25.8. The number of benzene rings is 2. The maximum atomic E-state index is 13.5. The molecule has 34 heavy (non-hydrogen) atoms. The number of quaternary nitrogens is 1. The van der Waals surface area contributed by atoms with Gasteiger partial charge in [0.25, 0.3) is 0 Å². The molecule has 3 aromatic rings. The van der Waals surface area contributed by atoms with E-state index in [1.165, 1.54) is 18.0 Å². The number of carbonyl (C=O) groups excluding carboxylic acids is 1. The van der Waals surface area contributed by atoms with Crippen LogP contribution in [0.2, 0.25) is 0 Å². The second kappa shape index (κ2) is 11.6. The van der Waals surface area contributed by atoms with Gasteiger partial charge in [-0.15, -0.1) is 11.3 Å². The highest BCUT2D eigenvalue weighted by Crippen LogP contribution is 2.38. The summed E-state index contributed by atoms with van der Waals surface area (Å²) in [4.78, 5) is 17.7. The van der Waals surface area contributed by atoms with Crippen LogP contribution in [0.5, 0.6) is 0 Å². The molecule has 1 atom stereocenters. The fourth-order valence-corrected chi connectivity index (χ4v) is 7.53. The van der Waals surface area contributed by atoms with Gasteiger partial charge in [-0.05, 0) is 52.3 Å². The monoisotopic (exact) mass is 622 g/mol. The van der Waals surface area contributed by atoms with Crippen LogP contribution < -0.4 is 21.9 Å². The van der Waals surface area contributed by atoms with Gasteiger partial charge in [0.05, 0.1) is 23.4 Å². The van der Waals surface area contributed by atoms with Crippen molar-refractivity contribution in [1.82, 2.24) is 0 Å². The molecule has 1 aromatic heterocycles. The van der Waals surface area contributed by atoms with Crippen LogP contribution in [0.25, 0.3) is 0 Å². The van der Waals surface area contributed by atoms with Gasteiger partial charge in [-0.1, -0.05) is 48.2 Å². The lowest BCUT2D eigenvalue weighted by Gasteiger charge is -2.51. The number of hydrogen-bond acceptors (Lipinski definition) is 4. The largest absolute Gasteiger partial charge is 1.00 e. The van der Waals surface area contributed by atoms with Gasteiger partial charge in [-0.2, -0.15) is 0 Å². The number of para-hydroxylation sites is 1. The molecule has 180 valence electrons. The van der Waals surface area contributed by atoms with Crippen molar-refractivity contribution in [2.45, 2.75) is 30.4 Å². The van der Waals surface area contributed by atoms with Crippen LogP contribution in [0.1, 0.15) is 17.7 Å². The van der Waals surface area contributed by atoms with Crippen molar-refractivity contribution in [1.29, 1.82) is 0 Å². The fourth-order valence-electron chi connectivity index (χ4n) is 4.92. The smallest absolute Gasteiger partial charge is 0.415 e. The fraction of sp³-hybridized carbons (Fsp3) is 0.346. The third-order valence-electron chi connectivity index (χ3n) is 6.77. The van der Waals surface area contributed by atoms with Gasteiger partial charge in [-0.25, -0.2) is 4.79 Å². The number of anilines is 1. The second-order valence-electron chi connectivity index (χ2n) is 8.95. The van der Waals surface area contributed by atoms with Crippen LogP contribution in [0, 0.1) is 5.92 Å². The lowest BCUT2D eigenvalue weighted by Crippen LogP contribution is -3.00. The average Bonchev–Trinajstić information content (AvgIpc) is 3.28. The Labute approximate surface area is 228 Å². The number of ether oxygens (including phenoxy) is 1. The molecule has 8 heteroatoms. The normalized spacial score (nSPS) is 23.2. The van der Waals surface area contributed by atoms with Gasteiger partial charge >= 0.3 is 6.09 Å². The van der Waals surface area contributed by atoms with Gasteiger partial charge in [0.1, 0.15) is 12.4 Å². The van der Waals surface area contributed by atoms with Crippen LogP contribution >= 0.6 is 39.0 Å². The number of fused-ring (bicyclic) bond motifs is 3. The SMILES string of the molecule is O=C(O[C@H]1C[N+]2(CSc3ccccc3)CCC1CC2)N(Cc1ccc(Br)s1)c1ccccc1.[Br-]. The molecule has 0 N–H and O–H groups in total. The number of nitrogens with zero attached hydrogens (tertiary/aromatic N) is 2. The third-order valence-corrected chi connectivity index (χ3v) is 9.66. The molecule has 3 aliphatic rings. The Balaban J connectivity index is 0.00000274. The van der Waals surface area contributed by atoms with E-state index >= 15 is 0 Å². The van der Waals surface area contributed by atoms with Crippen molar-refractivity contribution >= 4 is 50.8 Å². The van der Waals surface area contributed by atoms with Gasteiger partial charge in [0.2, 0.25) is 0 Å². The Morgan fingerprint density at radius 2 is 1.71 bits per heavy atom. The zero-order valence-electron chi connectivity index (χ0n) is 18.8. The minimum absolute atomic E-state index is 0. The quantitative estimate of drug-likeness (QED) is 0.294. The maximum absolute atomic E-state index is 13.5. The summed E-state index contributed by atoms with van der Waals surface area (Å²) in [5.41, 5.74) is 0.872. The molecule has 0 saturated carbocycles. The molecule has 4 nitrogen and oxygen atoms in total. The van der Waals surface area contributed by atoms with E-state index in [0.29, 0.717) is 12.5 Å². The van der Waals surface area contributed by atoms with E-state index in [2.05, 4.69) is 52.3 Å². The first-order valence-electron chi connectivity index (χ1n) is 11.4. The van der Waals surface area contributed by atoms with Crippen molar-refractivity contribution in [2.24, 2.45) is 5.92 Å². The summed E-state index contributed by atoms with van der Waals surface area (Å²) in [6.07, 6.45) is 2.02. The molecule has 3 aliphatic heterocycles. The predicted molar refractivity (Wildman–Crippen MR) is 140 cm³/mol. The number of rotatable bonds is 7. The molecule has 2 bridgehead atoms. The molecule has 0 radical (unpaired) electrons. The molecular weight excluding hydrogens is 596 g/mol. The Hall–Kier alpha value is -1.32. The molecule has 1 amide bonds. The molecule has 0 aliphatic carbocycles. The standard InChI is InChI=1S/C26H28BrN2O2S2.BrH/c27-25-12-11-23(33-25)17-28(21-7-3-1-4-8-21)26(30)31-24-18-29(15-13-20(24)14-16-29)19-32-22-9-5-2-6-10-22;/h1-12,20,24H,13-19H2;1H/q+1;/p-1/t20?,24-,29?;/m0./s1. The highest BCUT2D eigenvalue weighted by Gasteiger charge is 2.48. The van der Waals surface area contributed by atoms with E-state index in [4.69, 9.17) is 4.74 Å². The molecule has 2 aromatic carbocycles. The van der Waals surface area contributed by atoms with Crippen molar-refractivity contribution in [3.8, 4) is 0 Å². The van der Waals surface area contributed by atoms with Gasteiger partial charge < -0.3 is 26.2 Å². The summed E-state index contributed by atoms with van der Waals surface area (Å²) in [5.74, 6) is 1.51. The van der Waals surface area contributed by atoms with Crippen molar-refractivity contribution < 1.29 is 31.0 Å². The lowest BCUT2D eigenvalue weighted by atomic mass is 9.84. The maximum Gasteiger partial charge on any atom is 0.415 e. The number of amides is 1. The predicted octanol–water partition coefficient (Wildman–Crippen LogP) is 4.02. The van der Waals surface area contributed by atoms with E-state index < -0.39 is 0 Å². The summed E-state index contributed by atoms with van der Waals surface area (Å²) in [5, 5.41) is 0. The average molecular weight is 624 g/mol. The Bertz CT molecular complexity index is 1070. The van der Waals surface area contributed by atoms with Crippen molar-refractivity contribution in [3.05, 3.63) is 81.5 Å². The van der Waals surface area contributed by atoms with E-state index in [9.17, 15) is 4.79 Å². The van der Waals surface area contributed by atoms with Crippen LogP contribution in [0.15, 0.2) is 81.5 Å². The topological polar surface area (TPSA) is 29.5 Å². The third kappa shape index (κ3) is 6.08. The molecule has 0 spiro atoms. The number of carbonyl (C=O) groups is 1. The zero-order chi connectivity index (χ0) is 22.7. The Morgan fingerprint density at radius 1 is 1.03 bits per heavy atom. The van der Waals surface area contributed by atoms with Crippen LogP contribution in [-0.4, -0.2) is 42.2 Å². The molecule has 6 rings (SSSR count). The summed E-state index contributed by atoms with van der Waals surface area (Å²) in [7, 11) is 0. The minimum atomic E-state index is -0.238. The Kier molecular flexibility index (Phi) is 8.80. The van der Waals surface area contributed by atoms with E-state index in [0.717, 1.165) is 44.1 Å². The van der Waals surface area contributed by atoms with E-state index in [1.807, 2.05) is 48.2 Å². The molecule has 0 unspecified atom stereocenters. The molecule has 4 heterocycles. The van der Waals surface area contributed by atoms with Gasteiger partial charge in [0, 0.05) is 34.2 Å². The summed E-state index contributed by atoms with van der Waals surface area (Å²) in [6, 6.07) is 24.6. The van der Waals surface area contributed by atoms with Crippen molar-refractivity contribution in [2.75, 3.05) is 30.4 Å². The van der Waals surface area contributed by atoms with E-state index in [1.54, 1.807) is 16.2 Å². The van der Waals surface area contributed by atoms with Crippen LogP contribution in [0.3, 0.4) is 0 Å². The number of thioether (sulfide) groups is 1. The molecular formula is C26H28Br2N2O2S2. The zero-order valence-corrected chi connectivity index (χ0v) is 23.6. The van der Waals surface area contributed by atoms with E-state index in [-0.39, 0.29) is 29.2 Å². The highest BCUT2D eigenvalue weighted by atomic mass is 79.9. The minimum Gasteiger partial charge on any atom is -1.00 e. The van der Waals surface area contributed by atoms with Crippen LogP contribution in [-0.2, 0) is 11.3 Å². The molecule has 3 fully saturated rings. The first-order chi connectivity index (χ1) is 16.1. The summed E-state index contributed by atoms with van der Waals surface area (Å²) in [6.45, 7) is 3.80.